The molecule has 0 aromatic carbocycles. The molecule has 27 heavy (non-hydrogen) atoms. The van der Waals surface area contributed by atoms with Crippen LogP contribution in [0.25, 0.3) is 0 Å². The number of anilines is 1. The summed E-state index contributed by atoms with van der Waals surface area (Å²) in [5.41, 5.74) is 1.49. The van der Waals surface area contributed by atoms with Gasteiger partial charge in [-0.05, 0) is 44.2 Å². The van der Waals surface area contributed by atoms with E-state index in [2.05, 4.69) is 25.8 Å². The van der Waals surface area contributed by atoms with Crippen molar-refractivity contribution in [1.82, 2.24) is 14.8 Å². The SMILES string of the molecule is N#Cc1cc(N2CCC(C(=O)N3CCCN(C4CCC4)CC3)CC2)ccn1. The summed E-state index contributed by atoms with van der Waals surface area (Å²) < 4.78 is 0. The van der Waals surface area contributed by atoms with Crippen LogP contribution in [0.3, 0.4) is 0 Å². The van der Waals surface area contributed by atoms with Crippen LogP contribution >= 0.6 is 0 Å². The Morgan fingerprint density at radius 1 is 1.04 bits per heavy atom. The highest BCUT2D eigenvalue weighted by Gasteiger charge is 2.31. The number of nitrogens with zero attached hydrogens (tertiary/aromatic N) is 5. The molecule has 3 heterocycles. The van der Waals surface area contributed by atoms with Crippen molar-refractivity contribution in [3.63, 3.8) is 0 Å². The van der Waals surface area contributed by atoms with Gasteiger partial charge in [0.2, 0.25) is 5.91 Å². The van der Waals surface area contributed by atoms with Crippen molar-refractivity contribution < 1.29 is 4.79 Å². The van der Waals surface area contributed by atoms with Crippen molar-refractivity contribution in [3.05, 3.63) is 24.0 Å². The first-order chi connectivity index (χ1) is 13.2. The Labute approximate surface area is 161 Å². The van der Waals surface area contributed by atoms with E-state index in [4.69, 9.17) is 5.26 Å². The Kier molecular flexibility index (Phi) is 5.58. The standard InChI is InChI=1S/C21H29N5O/c22-16-18-15-20(5-8-23-18)25-11-6-17(7-12-25)21(27)26-10-2-9-24(13-14-26)19-3-1-4-19/h5,8,15,17,19H,1-4,6-7,9-14H2. The third-order valence-electron chi connectivity index (χ3n) is 6.50. The highest BCUT2D eigenvalue weighted by atomic mass is 16.2. The molecular formula is C21H29N5O. The zero-order chi connectivity index (χ0) is 18.6. The summed E-state index contributed by atoms with van der Waals surface area (Å²) in [6.45, 7) is 5.74. The Morgan fingerprint density at radius 3 is 2.56 bits per heavy atom. The second kappa shape index (κ2) is 8.26. The van der Waals surface area contributed by atoms with Gasteiger partial charge in [0, 0.05) is 63.1 Å². The van der Waals surface area contributed by atoms with Crippen LogP contribution in [-0.2, 0) is 4.79 Å². The van der Waals surface area contributed by atoms with Gasteiger partial charge >= 0.3 is 0 Å². The second-order valence-corrected chi connectivity index (χ2v) is 8.07. The van der Waals surface area contributed by atoms with Crippen molar-refractivity contribution >= 4 is 11.6 Å². The third kappa shape index (κ3) is 4.08. The van der Waals surface area contributed by atoms with Crippen molar-refractivity contribution in [1.29, 1.82) is 5.26 Å². The van der Waals surface area contributed by atoms with Crippen LogP contribution < -0.4 is 4.90 Å². The van der Waals surface area contributed by atoms with Gasteiger partial charge in [0.05, 0.1) is 0 Å². The molecule has 1 aromatic rings. The third-order valence-corrected chi connectivity index (χ3v) is 6.50. The van der Waals surface area contributed by atoms with Gasteiger partial charge in [-0.15, -0.1) is 0 Å². The summed E-state index contributed by atoms with van der Waals surface area (Å²) in [6.07, 6.45) is 8.64. The fraction of sp³-hybridized carbons (Fsp3) is 0.667. The van der Waals surface area contributed by atoms with Crippen LogP contribution in [0.5, 0.6) is 0 Å². The average Bonchev–Trinajstić information content (AvgIpc) is 2.92. The van der Waals surface area contributed by atoms with Crippen LogP contribution in [-0.4, -0.2) is 66.0 Å². The molecule has 3 aliphatic rings. The van der Waals surface area contributed by atoms with Crippen LogP contribution in [0.1, 0.15) is 44.2 Å². The fourth-order valence-corrected chi connectivity index (χ4v) is 4.59. The molecular weight excluding hydrogens is 338 g/mol. The molecule has 0 spiro atoms. The number of rotatable bonds is 3. The molecule has 0 unspecified atom stereocenters. The fourth-order valence-electron chi connectivity index (χ4n) is 4.59. The molecule has 0 bridgehead atoms. The van der Waals surface area contributed by atoms with Gasteiger partial charge in [0.25, 0.3) is 0 Å². The minimum atomic E-state index is 0.147. The first kappa shape index (κ1) is 18.2. The molecule has 0 atom stereocenters. The van der Waals surface area contributed by atoms with E-state index in [1.807, 2.05) is 12.1 Å². The van der Waals surface area contributed by atoms with Crippen LogP contribution in [0, 0.1) is 17.2 Å². The van der Waals surface area contributed by atoms with Gasteiger partial charge in [0.1, 0.15) is 11.8 Å². The topological polar surface area (TPSA) is 63.5 Å². The minimum absolute atomic E-state index is 0.147. The highest BCUT2D eigenvalue weighted by molar-refractivity contribution is 5.79. The van der Waals surface area contributed by atoms with E-state index < -0.39 is 0 Å². The number of carbonyl (C=O) groups is 1. The molecule has 144 valence electrons. The van der Waals surface area contributed by atoms with Crippen molar-refractivity contribution in [2.75, 3.05) is 44.2 Å². The predicted molar refractivity (Wildman–Crippen MR) is 104 cm³/mol. The molecule has 0 N–H and O–H groups in total. The van der Waals surface area contributed by atoms with E-state index in [1.165, 1.54) is 19.3 Å². The number of nitriles is 1. The van der Waals surface area contributed by atoms with Crippen molar-refractivity contribution in [2.24, 2.45) is 5.92 Å². The number of aromatic nitrogens is 1. The molecule has 2 aliphatic heterocycles. The maximum absolute atomic E-state index is 13.0. The summed E-state index contributed by atoms with van der Waals surface area (Å²) in [4.78, 5) is 24.1. The van der Waals surface area contributed by atoms with Gasteiger partial charge in [-0.25, -0.2) is 4.98 Å². The number of hydrogen-bond donors (Lipinski definition) is 0. The Bertz CT molecular complexity index is 703. The molecule has 0 radical (unpaired) electrons. The Hall–Kier alpha value is -2.13. The average molecular weight is 367 g/mol. The van der Waals surface area contributed by atoms with E-state index in [9.17, 15) is 4.79 Å². The first-order valence-corrected chi connectivity index (χ1v) is 10.4. The summed E-state index contributed by atoms with van der Waals surface area (Å²) in [5, 5.41) is 9.03. The molecule has 6 nitrogen and oxygen atoms in total. The highest BCUT2D eigenvalue weighted by Crippen LogP contribution is 2.27. The van der Waals surface area contributed by atoms with Gasteiger partial charge in [-0.1, -0.05) is 6.42 Å². The molecule has 1 aliphatic carbocycles. The number of amides is 1. The largest absolute Gasteiger partial charge is 0.371 e. The van der Waals surface area contributed by atoms with Crippen molar-refractivity contribution in [2.45, 2.75) is 44.6 Å². The minimum Gasteiger partial charge on any atom is -0.371 e. The quantitative estimate of drug-likeness (QED) is 0.820. The lowest BCUT2D eigenvalue weighted by Gasteiger charge is -2.37. The number of carbonyl (C=O) groups excluding carboxylic acids is 1. The van der Waals surface area contributed by atoms with Gasteiger partial charge < -0.3 is 9.80 Å². The Balaban J connectivity index is 1.30. The number of hydrogen-bond acceptors (Lipinski definition) is 5. The zero-order valence-electron chi connectivity index (χ0n) is 16.0. The van der Waals surface area contributed by atoms with E-state index in [0.717, 1.165) is 70.3 Å². The van der Waals surface area contributed by atoms with E-state index in [1.54, 1.807) is 6.20 Å². The lowest BCUT2D eigenvalue weighted by Crippen LogP contribution is -2.45. The predicted octanol–water partition coefficient (Wildman–Crippen LogP) is 2.26. The maximum atomic E-state index is 13.0. The van der Waals surface area contributed by atoms with Gasteiger partial charge in [-0.3, -0.25) is 9.69 Å². The van der Waals surface area contributed by atoms with E-state index in [-0.39, 0.29) is 5.92 Å². The molecule has 1 saturated carbocycles. The number of pyridine rings is 1. The molecule has 2 saturated heterocycles. The monoisotopic (exact) mass is 367 g/mol. The van der Waals surface area contributed by atoms with Crippen LogP contribution in [0.2, 0.25) is 0 Å². The lowest BCUT2D eigenvalue weighted by atomic mass is 9.91. The Morgan fingerprint density at radius 2 is 1.85 bits per heavy atom. The summed E-state index contributed by atoms with van der Waals surface area (Å²) >= 11 is 0. The van der Waals surface area contributed by atoms with Crippen molar-refractivity contribution in [3.8, 4) is 6.07 Å². The molecule has 1 amide bonds. The normalized spacial score (nSPS) is 22.8. The van der Waals surface area contributed by atoms with Gasteiger partial charge in [0.15, 0.2) is 0 Å². The molecule has 6 heteroatoms. The van der Waals surface area contributed by atoms with E-state index >= 15 is 0 Å². The van der Waals surface area contributed by atoms with E-state index in [0.29, 0.717) is 11.6 Å². The summed E-state index contributed by atoms with van der Waals surface area (Å²) in [5.74, 6) is 0.506. The molecule has 1 aromatic heterocycles. The van der Waals surface area contributed by atoms with Gasteiger partial charge in [-0.2, -0.15) is 5.26 Å². The maximum Gasteiger partial charge on any atom is 0.225 e. The summed E-state index contributed by atoms with van der Waals surface area (Å²) in [7, 11) is 0. The summed E-state index contributed by atoms with van der Waals surface area (Å²) in [6, 6.07) is 6.67. The van der Waals surface area contributed by atoms with Crippen LogP contribution in [0.15, 0.2) is 18.3 Å². The lowest BCUT2D eigenvalue weighted by molar-refractivity contribution is -0.136. The zero-order valence-corrected chi connectivity index (χ0v) is 16.0. The number of piperidine rings is 1. The van der Waals surface area contributed by atoms with Crippen LogP contribution in [0.4, 0.5) is 5.69 Å². The molecule has 3 fully saturated rings. The second-order valence-electron chi connectivity index (χ2n) is 8.07. The smallest absolute Gasteiger partial charge is 0.225 e. The molecule has 4 rings (SSSR count). The first-order valence-electron chi connectivity index (χ1n) is 10.4.